The van der Waals surface area contributed by atoms with Crippen LogP contribution in [0.2, 0.25) is 0 Å². The average molecular weight is 367 g/mol. The molecule has 1 aromatic rings. The molecule has 0 aromatic heterocycles. The van der Waals surface area contributed by atoms with Gasteiger partial charge in [-0.3, -0.25) is 9.59 Å². The molecule has 1 aliphatic carbocycles. The molecule has 2 rings (SSSR count). The summed E-state index contributed by atoms with van der Waals surface area (Å²) in [6, 6.07) is 5.78. The van der Waals surface area contributed by atoms with Gasteiger partial charge in [0.2, 0.25) is 11.8 Å². The summed E-state index contributed by atoms with van der Waals surface area (Å²) in [4.78, 5) is 24.1. The van der Waals surface area contributed by atoms with Crippen LogP contribution in [0.1, 0.15) is 38.2 Å². The Kier molecular flexibility index (Phi) is 6.00. The van der Waals surface area contributed by atoms with Gasteiger partial charge < -0.3 is 10.6 Å². The summed E-state index contributed by atoms with van der Waals surface area (Å²) in [6.45, 7) is 4.84. The van der Waals surface area contributed by atoms with E-state index in [0.29, 0.717) is 13.0 Å². The van der Waals surface area contributed by atoms with Gasteiger partial charge in [0.15, 0.2) is 0 Å². The number of rotatable bonds is 7. The number of aryl methyl sites for hydroxylation is 1. The maximum absolute atomic E-state index is 12.2. The van der Waals surface area contributed by atoms with Gasteiger partial charge >= 0.3 is 0 Å². The Morgan fingerprint density at radius 1 is 1.23 bits per heavy atom. The molecule has 4 nitrogen and oxygen atoms in total. The molecule has 2 unspecified atom stereocenters. The number of carbonyl (C=O) groups is 2. The Morgan fingerprint density at radius 3 is 2.64 bits per heavy atom. The lowest BCUT2D eigenvalue weighted by atomic mass is 10.2. The fourth-order valence-corrected chi connectivity index (χ4v) is 3.03. The predicted molar refractivity (Wildman–Crippen MR) is 91.6 cm³/mol. The minimum Gasteiger partial charge on any atom is -0.356 e. The van der Waals surface area contributed by atoms with Gasteiger partial charge in [-0.15, -0.1) is 0 Å². The van der Waals surface area contributed by atoms with E-state index in [-0.39, 0.29) is 23.7 Å². The molecule has 1 saturated carbocycles. The molecule has 120 valence electrons. The van der Waals surface area contributed by atoms with Crippen molar-refractivity contribution >= 4 is 33.4 Å². The summed E-state index contributed by atoms with van der Waals surface area (Å²) in [6.07, 6.45) is 3.91. The Morgan fingerprint density at radius 2 is 1.95 bits per heavy atom. The van der Waals surface area contributed by atoms with Crippen molar-refractivity contribution in [2.75, 3.05) is 11.9 Å². The van der Waals surface area contributed by atoms with Gasteiger partial charge in [0.05, 0.1) is 17.5 Å². The van der Waals surface area contributed by atoms with Crippen molar-refractivity contribution in [1.82, 2.24) is 5.32 Å². The zero-order valence-corrected chi connectivity index (χ0v) is 14.7. The van der Waals surface area contributed by atoms with E-state index in [2.05, 4.69) is 33.5 Å². The van der Waals surface area contributed by atoms with Crippen molar-refractivity contribution < 1.29 is 9.59 Å². The van der Waals surface area contributed by atoms with Crippen LogP contribution in [0.5, 0.6) is 0 Å². The Hall–Kier alpha value is -1.36. The molecule has 22 heavy (non-hydrogen) atoms. The number of unbranched alkanes of at least 4 members (excludes halogenated alkanes) is 2. The van der Waals surface area contributed by atoms with Crippen LogP contribution in [0.4, 0.5) is 5.69 Å². The number of nitrogens with one attached hydrogen (secondary N) is 2. The molecule has 1 aromatic carbocycles. The third-order valence-corrected chi connectivity index (χ3v) is 4.58. The summed E-state index contributed by atoms with van der Waals surface area (Å²) in [5.41, 5.74) is 1.88. The van der Waals surface area contributed by atoms with Crippen LogP contribution in [-0.4, -0.2) is 18.4 Å². The van der Waals surface area contributed by atoms with E-state index in [1.165, 1.54) is 0 Å². The number of carbonyl (C=O) groups excluding carboxylic acids is 2. The van der Waals surface area contributed by atoms with Crippen LogP contribution in [-0.2, 0) is 9.59 Å². The van der Waals surface area contributed by atoms with Crippen molar-refractivity contribution in [2.45, 2.75) is 39.5 Å². The first kappa shape index (κ1) is 17.0. The van der Waals surface area contributed by atoms with Crippen molar-refractivity contribution in [3.05, 3.63) is 28.2 Å². The van der Waals surface area contributed by atoms with E-state index in [1.807, 2.05) is 25.1 Å². The van der Waals surface area contributed by atoms with E-state index >= 15 is 0 Å². The maximum atomic E-state index is 12.2. The van der Waals surface area contributed by atoms with Crippen molar-refractivity contribution in [3.8, 4) is 0 Å². The van der Waals surface area contributed by atoms with Gasteiger partial charge in [-0.1, -0.05) is 25.8 Å². The van der Waals surface area contributed by atoms with E-state index in [1.54, 1.807) is 0 Å². The zero-order valence-electron chi connectivity index (χ0n) is 13.1. The molecule has 0 bridgehead atoms. The normalized spacial score (nSPS) is 19.6. The lowest BCUT2D eigenvalue weighted by Gasteiger charge is -2.08. The standard InChI is InChI=1S/C17H23BrN2O2/c1-3-4-5-8-19-16(21)12-10-13(12)17(22)20-15-7-6-11(2)9-14(15)18/h6-7,9,12-13H,3-5,8,10H2,1-2H3,(H,19,21)(H,20,22). The monoisotopic (exact) mass is 366 g/mol. The van der Waals surface area contributed by atoms with Gasteiger partial charge in [-0.2, -0.15) is 0 Å². The second kappa shape index (κ2) is 7.77. The lowest BCUT2D eigenvalue weighted by Crippen LogP contribution is -2.28. The first-order chi connectivity index (χ1) is 10.5. The molecular weight excluding hydrogens is 344 g/mol. The molecule has 2 N–H and O–H groups in total. The number of amides is 2. The summed E-state index contributed by atoms with van der Waals surface area (Å²) in [5, 5.41) is 5.81. The summed E-state index contributed by atoms with van der Waals surface area (Å²) in [5.74, 6) is -0.414. The van der Waals surface area contributed by atoms with Crippen LogP contribution in [0.15, 0.2) is 22.7 Å². The first-order valence-corrected chi connectivity index (χ1v) is 8.67. The highest BCUT2D eigenvalue weighted by atomic mass is 79.9. The highest BCUT2D eigenvalue weighted by Crippen LogP contribution is 2.40. The molecule has 0 heterocycles. The minimum atomic E-state index is -0.195. The third-order valence-electron chi connectivity index (χ3n) is 3.93. The summed E-state index contributed by atoms with van der Waals surface area (Å²) < 4.78 is 0.863. The molecule has 0 radical (unpaired) electrons. The lowest BCUT2D eigenvalue weighted by molar-refractivity contribution is -0.125. The number of anilines is 1. The molecule has 1 aliphatic rings. The highest BCUT2D eigenvalue weighted by molar-refractivity contribution is 9.10. The maximum Gasteiger partial charge on any atom is 0.228 e. The van der Waals surface area contributed by atoms with Gasteiger partial charge in [-0.25, -0.2) is 0 Å². The van der Waals surface area contributed by atoms with Crippen LogP contribution >= 0.6 is 15.9 Å². The number of hydrogen-bond acceptors (Lipinski definition) is 2. The predicted octanol–water partition coefficient (Wildman–Crippen LogP) is 3.64. The quantitative estimate of drug-likeness (QED) is 0.723. The van der Waals surface area contributed by atoms with Crippen LogP contribution in [0.3, 0.4) is 0 Å². The van der Waals surface area contributed by atoms with Gasteiger partial charge in [0.25, 0.3) is 0 Å². The fourth-order valence-electron chi connectivity index (χ4n) is 2.44. The summed E-state index contributed by atoms with van der Waals surface area (Å²) >= 11 is 3.44. The van der Waals surface area contributed by atoms with Crippen LogP contribution < -0.4 is 10.6 Å². The molecule has 1 fully saturated rings. The number of hydrogen-bond donors (Lipinski definition) is 2. The fraction of sp³-hybridized carbons (Fsp3) is 0.529. The molecule has 2 amide bonds. The van der Waals surface area contributed by atoms with Crippen molar-refractivity contribution in [2.24, 2.45) is 11.8 Å². The van der Waals surface area contributed by atoms with E-state index in [9.17, 15) is 9.59 Å². The van der Waals surface area contributed by atoms with Crippen molar-refractivity contribution in [1.29, 1.82) is 0 Å². The second-order valence-corrected chi connectivity index (χ2v) is 6.77. The van der Waals surface area contributed by atoms with E-state index < -0.39 is 0 Å². The Bertz CT molecular complexity index is 560. The first-order valence-electron chi connectivity index (χ1n) is 7.87. The topological polar surface area (TPSA) is 58.2 Å². The van der Waals surface area contributed by atoms with Crippen LogP contribution in [0.25, 0.3) is 0 Å². The number of halogens is 1. The molecule has 0 aliphatic heterocycles. The summed E-state index contributed by atoms with van der Waals surface area (Å²) in [7, 11) is 0. The highest BCUT2D eigenvalue weighted by Gasteiger charge is 2.47. The Labute approximate surface area is 140 Å². The van der Waals surface area contributed by atoms with E-state index in [4.69, 9.17) is 0 Å². The minimum absolute atomic E-state index is 0.0132. The second-order valence-electron chi connectivity index (χ2n) is 5.92. The van der Waals surface area contributed by atoms with Crippen molar-refractivity contribution in [3.63, 3.8) is 0 Å². The largest absolute Gasteiger partial charge is 0.356 e. The smallest absolute Gasteiger partial charge is 0.228 e. The molecular formula is C17H23BrN2O2. The van der Waals surface area contributed by atoms with E-state index in [0.717, 1.165) is 35.0 Å². The van der Waals surface area contributed by atoms with Crippen LogP contribution in [0, 0.1) is 18.8 Å². The SMILES string of the molecule is CCCCCNC(=O)C1CC1C(=O)Nc1ccc(C)cc1Br. The molecule has 0 spiro atoms. The third kappa shape index (κ3) is 4.57. The molecule has 0 saturated heterocycles. The molecule has 2 atom stereocenters. The van der Waals surface area contributed by atoms with Gasteiger partial charge in [0.1, 0.15) is 0 Å². The molecule has 5 heteroatoms. The zero-order chi connectivity index (χ0) is 16.1. The van der Waals surface area contributed by atoms with Gasteiger partial charge in [-0.05, 0) is 53.4 Å². The Balaban J connectivity index is 1.79. The number of benzene rings is 1. The van der Waals surface area contributed by atoms with Gasteiger partial charge in [0, 0.05) is 11.0 Å². The average Bonchev–Trinajstić information content (AvgIpc) is 3.27.